The van der Waals surface area contributed by atoms with E-state index in [0.717, 1.165) is 11.0 Å². The Kier molecular flexibility index (Phi) is 3.98. The van der Waals surface area contributed by atoms with E-state index >= 15 is 0 Å². The summed E-state index contributed by atoms with van der Waals surface area (Å²) in [5.41, 5.74) is 0. The van der Waals surface area contributed by atoms with Crippen LogP contribution in [0.25, 0.3) is 0 Å². The molecule has 0 amide bonds. The van der Waals surface area contributed by atoms with E-state index in [-0.39, 0.29) is 0 Å². The lowest BCUT2D eigenvalue weighted by Gasteiger charge is -2.40. The van der Waals surface area contributed by atoms with Crippen LogP contribution in [-0.4, -0.2) is 47.0 Å². The molecule has 15 heavy (non-hydrogen) atoms. The molecule has 2 aliphatic heterocycles. The minimum Gasteiger partial charge on any atom is -0.366 e. The molecule has 86 valence electrons. The van der Waals surface area contributed by atoms with E-state index in [1.54, 1.807) is 0 Å². The Labute approximate surface area is 98.6 Å². The molecule has 0 aromatic carbocycles. The fourth-order valence-corrected chi connectivity index (χ4v) is 3.01. The fraction of sp³-hybridized carbons (Fsp3) is 0.917. The molecule has 0 saturated carbocycles. The zero-order chi connectivity index (χ0) is 10.7. The Morgan fingerprint density at radius 3 is 2.13 bits per heavy atom. The second-order valence-corrected chi connectivity index (χ2v) is 5.42. The normalized spacial score (nSPS) is 25.5. The number of likely N-dealkylation sites (tertiary alicyclic amines) is 2. The smallest absolute Gasteiger partial charge is 0.0747 e. The van der Waals surface area contributed by atoms with Gasteiger partial charge in [-0.2, -0.15) is 0 Å². The minimum absolute atomic E-state index is 0.843. The van der Waals surface area contributed by atoms with E-state index in [1.165, 1.54) is 58.3 Å². The van der Waals surface area contributed by atoms with Crippen LogP contribution in [0.5, 0.6) is 0 Å². The van der Waals surface area contributed by atoms with E-state index < -0.39 is 0 Å². The van der Waals surface area contributed by atoms with Crippen molar-refractivity contribution in [1.29, 1.82) is 0 Å². The van der Waals surface area contributed by atoms with Crippen molar-refractivity contribution in [3.8, 4) is 0 Å². The molecule has 0 aliphatic carbocycles. The molecule has 2 nitrogen and oxygen atoms in total. The van der Waals surface area contributed by atoms with E-state index in [9.17, 15) is 0 Å². The van der Waals surface area contributed by atoms with Gasteiger partial charge < -0.3 is 9.80 Å². The number of piperidine rings is 2. The first-order chi connectivity index (χ1) is 7.27. The van der Waals surface area contributed by atoms with Crippen LogP contribution in [0.15, 0.2) is 0 Å². The Balaban J connectivity index is 1.79. The van der Waals surface area contributed by atoms with Crippen molar-refractivity contribution in [2.45, 2.75) is 45.1 Å². The summed E-state index contributed by atoms with van der Waals surface area (Å²) in [6.45, 7) is 7.08. The predicted octanol–water partition coefficient (Wildman–Crippen LogP) is 2.28. The molecule has 0 aromatic heterocycles. The molecular weight excluding hydrogens is 204 g/mol. The van der Waals surface area contributed by atoms with Crippen LogP contribution in [0.3, 0.4) is 0 Å². The van der Waals surface area contributed by atoms with Gasteiger partial charge in [-0.15, -0.1) is 0 Å². The first kappa shape index (κ1) is 11.3. The molecule has 0 unspecified atom stereocenters. The molecule has 0 aromatic rings. The van der Waals surface area contributed by atoms with Gasteiger partial charge in [0.05, 0.1) is 4.99 Å². The van der Waals surface area contributed by atoms with Crippen molar-refractivity contribution >= 4 is 17.2 Å². The number of hydrogen-bond acceptors (Lipinski definition) is 2. The third kappa shape index (κ3) is 2.91. The molecule has 0 N–H and O–H groups in total. The lowest BCUT2D eigenvalue weighted by Crippen LogP contribution is -2.47. The molecule has 0 radical (unpaired) electrons. The number of rotatable bonds is 1. The third-order valence-electron chi connectivity index (χ3n) is 3.82. The van der Waals surface area contributed by atoms with Crippen molar-refractivity contribution in [3.05, 3.63) is 0 Å². The van der Waals surface area contributed by atoms with Gasteiger partial charge in [-0.1, -0.05) is 18.6 Å². The van der Waals surface area contributed by atoms with Crippen LogP contribution in [0, 0.1) is 0 Å². The van der Waals surface area contributed by atoms with E-state index in [4.69, 9.17) is 12.2 Å². The molecule has 2 rings (SSSR count). The predicted molar refractivity (Wildman–Crippen MR) is 68.3 cm³/mol. The zero-order valence-electron chi connectivity index (χ0n) is 9.74. The average molecular weight is 226 g/mol. The van der Waals surface area contributed by atoms with Gasteiger partial charge in [-0.3, -0.25) is 0 Å². The summed E-state index contributed by atoms with van der Waals surface area (Å²) in [6.07, 6.45) is 6.88. The topological polar surface area (TPSA) is 6.48 Å². The maximum atomic E-state index is 5.22. The zero-order valence-corrected chi connectivity index (χ0v) is 10.6. The molecule has 0 bridgehead atoms. The molecule has 0 atom stereocenters. The second-order valence-electron chi connectivity index (χ2n) is 4.83. The fourth-order valence-electron chi connectivity index (χ4n) is 2.83. The molecule has 0 spiro atoms. The van der Waals surface area contributed by atoms with Crippen molar-refractivity contribution in [1.82, 2.24) is 9.80 Å². The van der Waals surface area contributed by atoms with Gasteiger partial charge in [0, 0.05) is 19.1 Å². The summed E-state index contributed by atoms with van der Waals surface area (Å²) in [7, 11) is 0. The molecule has 2 aliphatic rings. The quantitative estimate of drug-likeness (QED) is 0.633. The SMILES string of the molecule is CC(=S)N1CCC(N2CCCCC2)CC1. The van der Waals surface area contributed by atoms with Crippen molar-refractivity contribution in [2.24, 2.45) is 0 Å². The van der Waals surface area contributed by atoms with Gasteiger partial charge in [0.25, 0.3) is 0 Å². The van der Waals surface area contributed by atoms with Crippen LogP contribution < -0.4 is 0 Å². The van der Waals surface area contributed by atoms with Gasteiger partial charge in [0.15, 0.2) is 0 Å². The summed E-state index contributed by atoms with van der Waals surface area (Å²) < 4.78 is 0. The van der Waals surface area contributed by atoms with Crippen LogP contribution in [0.1, 0.15) is 39.0 Å². The third-order valence-corrected chi connectivity index (χ3v) is 4.08. The highest BCUT2D eigenvalue weighted by molar-refractivity contribution is 7.80. The van der Waals surface area contributed by atoms with Crippen LogP contribution >= 0.6 is 12.2 Å². The highest BCUT2D eigenvalue weighted by atomic mass is 32.1. The highest BCUT2D eigenvalue weighted by Crippen LogP contribution is 2.20. The van der Waals surface area contributed by atoms with Crippen LogP contribution in [0.4, 0.5) is 0 Å². The number of thiocarbonyl (C=S) groups is 1. The maximum Gasteiger partial charge on any atom is 0.0747 e. The average Bonchev–Trinajstić information content (AvgIpc) is 2.30. The van der Waals surface area contributed by atoms with Crippen LogP contribution in [-0.2, 0) is 0 Å². The Morgan fingerprint density at radius 1 is 1.00 bits per heavy atom. The van der Waals surface area contributed by atoms with Crippen molar-refractivity contribution < 1.29 is 0 Å². The summed E-state index contributed by atoms with van der Waals surface area (Å²) in [6, 6.07) is 0.843. The lowest BCUT2D eigenvalue weighted by molar-refractivity contribution is 0.115. The van der Waals surface area contributed by atoms with E-state index in [2.05, 4.69) is 16.7 Å². The van der Waals surface area contributed by atoms with Gasteiger partial charge >= 0.3 is 0 Å². The van der Waals surface area contributed by atoms with Gasteiger partial charge in [-0.25, -0.2) is 0 Å². The monoisotopic (exact) mass is 226 g/mol. The van der Waals surface area contributed by atoms with Crippen LogP contribution in [0.2, 0.25) is 0 Å². The lowest BCUT2D eigenvalue weighted by atomic mass is 10.00. The highest BCUT2D eigenvalue weighted by Gasteiger charge is 2.25. The van der Waals surface area contributed by atoms with E-state index in [0.29, 0.717) is 0 Å². The van der Waals surface area contributed by atoms with Gasteiger partial charge in [0.1, 0.15) is 0 Å². The molecular formula is C12H22N2S. The Morgan fingerprint density at radius 2 is 1.60 bits per heavy atom. The van der Waals surface area contributed by atoms with Crippen molar-refractivity contribution in [2.75, 3.05) is 26.2 Å². The van der Waals surface area contributed by atoms with Gasteiger partial charge in [0.2, 0.25) is 0 Å². The Bertz CT molecular complexity index is 216. The Hall–Kier alpha value is -0.150. The molecule has 2 heterocycles. The summed E-state index contributed by atoms with van der Waals surface area (Å²) >= 11 is 5.22. The molecule has 2 fully saturated rings. The second kappa shape index (κ2) is 5.26. The number of nitrogens with zero attached hydrogens (tertiary/aromatic N) is 2. The van der Waals surface area contributed by atoms with E-state index in [1.807, 2.05) is 0 Å². The summed E-state index contributed by atoms with van der Waals surface area (Å²) in [5, 5.41) is 0. The summed E-state index contributed by atoms with van der Waals surface area (Å²) in [5.74, 6) is 0. The first-order valence-electron chi connectivity index (χ1n) is 6.27. The molecule has 2 saturated heterocycles. The van der Waals surface area contributed by atoms with Gasteiger partial charge in [-0.05, 0) is 45.7 Å². The first-order valence-corrected chi connectivity index (χ1v) is 6.68. The summed E-state index contributed by atoms with van der Waals surface area (Å²) in [4.78, 5) is 6.14. The van der Waals surface area contributed by atoms with Crippen molar-refractivity contribution in [3.63, 3.8) is 0 Å². The standard InChI is InChI=1S/C12H22N2S/c1-11(15)13-9-5-12(6-10-13)14-7-3-2-4-8-14/h12H,2-10H2,1H3. The minimum atomic E-state index is 0.843. The largest absolute Gasteiger partial charge is 0.366 e. The maximum absolute atomic E-state index is 5.22. The number of hydrogen-bond donors (Lipinski definition) is 0. The molecule has 3 heteroatoms.